The Morgan fingerprint density at radius 3 is 2.50 bits per heavy atom. The summed E-state index contributed by atoms with van der Waals surface area (Å²) in [6.45, 7) is 1.86. The molecule has 0 bridgehead atoms. The summed E-state index contributed by atoms with van der Waals surface area (Å²) in [7, 11) is -3.23. The van der Waals surface area contributed by atoms with Gasteiger partial charge in [-0.25, -0.2) is 21.6 Å². The summed E-state index contributed by atoms with van der Waals surface area (Å²) >= 11 is 0. The first kappa shape index (κ1) is 15.8. The zero-order chi connectivity index (χ0) is 16.1. The molecule has 0 N–H and O–H groups in total. The second-order valence-corrected chi connectivity index (χ2v) is 7.98. The van der Waals surface area contributed by atoms with E-state index in [1.54, 1.807) is 0 Å². The summed E-state index contributed by atoms with van der Waals surface area (Å²) in [6.07, 6.45) is 2.00. The molecule has 1 aromatic carbocycles. The van der Waals surface area contributed by atoms with Gasteiger partial charge in [0.05, 0.1) is 6.26 Å². The van der Waals surface area contributed by atoms with Crippen molar-refractivity contribution in [3.63, 3.8) is 0 Å². The predicted octanol–water partition coefficient (Wildman–Crippen LogP) is 1.57. The minimum atomic E-state index is -3.23. The third kappa shape index (κ3) is 2.87. The van der Waals surface area contributed by atoms with Gasteiger partial charge in [-0.05, 0) is 24.9 Å². The van der Waals surface area contributed by atoms with Crippen LogP contribution in [0.1, 0.15) is 12.0 Å². The number of nitrogens with zero attached hydrogens (tertiary/aromatic N) is 2. The second-order valence-electron chi connectivity index (χ2n) is 6.04. The van der Waals surface area contributed by atoms with Gasteiger partial charge >= 0.3 is 0 Å². The Balaban J connectivity index is 1.71. The third-order valence-corrected chi connectivity index (χ3v) is 5.77. The average molecular weight is 334 g/mol. The van der Waals surface area contributed by atoms with E-state index in [1.807, 2.05) is 4.90 Å². The Kier molecular flexibility index (Phi) is 3.94. The van der Waals surface area contributed by atoms with Crippen molar-refractivity contribution < 1.29 is 21.6 Å². The summed E-state index contributed by atoms with van der Waals surface area (Å²) in [6, 6.07) is 1.31. The molecule has 1 aromatic rings. The van der Waals surface area contributed by atoms with E-state index in [0.29, 0.717) is 31.6 Å². The first-order valence-corrected chi connectivity index (χ1v) is 8.93. The molecule has 0 aromatic heterocycles. The molecular formula is C14H17F3N2O2S. The number of fused-ring (bicyclic) bond motifs is 1. The number of piperidine rings is 1. The van der Waals surface area contributed by atoms with E-state index < -0.39 is 27.5 Å². The minimum Gasteiger partial charge on any atom is -0.297 e. The van der Waals surface area contributed by atoms with Gasteiger partial charge in [0.2, 0.25) is 10.0 Å². The van der Waals surface area contributed by atoms with Crippen LogP contribution in [0, 0.1) is 23.4 Å². The fourth-order valence-electron chi connectivity index (χ4n) is 3.26. The Hall–Kier alpha value is -1.12. The van der Waals surface area contributed by atoms with Gasteiger partial charge in [0.25, 0.3) is 0 Å². The summed E-state index contributed by atoms with van der Waals surface area (Å²) in [5.74, 6) is -2.73. The van der Waals surface area contributed by atoms with Crippen molar-refractivity contribution in [3.8, 4) is 0 Å². The molecule has 22 heavy (non-hydrogen) atoms. The van der Waals surface area contributed by atoms with Gasteiger partial charge in [0.15, 0.2) is 11.6 Å². The summed E-state index contributed by atoms with van der Waals surface area (Å²) in [5, 5.41) is 0. The van der Waals surface area contributed by atoms with Gasteiger partial charge in [-0.3, -0.25) is 4.90 Å². The standard InChI is InChI=1S/C14H17F3N2O2S/c1-22(20,21)19-7-9-2-3-18(8-14(9)19)6-10-4-12(16)13(17)5-11(10)15/h4-5,9,14H,2-3,6-8H2,1H3/t9-,14-/m1/s1. The molecular weight excluding hydrogens is 317 g/mol. The van der Waals surface area contributed by atoms with Crippen LogP contribution < -0.4 is 0 Å². The molecule has 122 valence electrons. The van der Waals surface area contributed by atoms with Crippen LogP contribution in [0.25, 0.3) is 0 Å². The lowest BCUT2D eigenvalue weighted by Gasteiger charge is -2.52. The van der Waals surface area contributed by atoms with E-state index in [2.05, 4.69) is 0 Å². The second kappa shape index (κ2) is 5.50. The highest BCUT2D eigenvalue weighted by Gasteiger charge is 2.46. The molecule has 4 nitrogen and oxygen atoms in total. The van der Waals surface area contributed by atoms with Crippen molar-refractivity contribution in [3.05, 3.63) is 35.1 Å². The zero-order valence-electron chi connectivity index (χ0n) is 12.1. The minimum absolute atomic E-state index is 0.0857. The zero-order valence-corrected chi connectivity index (χ0v) is 12.9. The molecule has 0 aliphatic carbocycles. The van der Waals surface area contributed by atoms with Crippen molar-refractivity contribution in [2.24, 2.45) is 5.92 Å². The summed E-state index contributed by atoms with van der Waals surface area (Å²) in [4.78, 5) is 1.88. The van der Waals surface area contributed by atoms with Gasteiger partial charge in [-0.15, -0.1) is 0 Å². The average Bonchev–Trinajstić information content (AvgIpc) is 2.37. The molecule has 0 spiro atoms. The van der Waals surface area contributed by atoms with Crippen LogP contribution in [0.3, 0.4) is 0 Å². The number of hydrogen-bond acceptors (Lipinski definition) is 3. The molecule has 2 aliphatic heterocycles. The molecule has 2 aliphatic rings. The van der Waals surface area contributed by atoms with E-state index >= 15 is 0 Å². The lowest BCUT2D eigenvalue weighted by atomic mass is 9.84. The van der Waals surface area contributed by atoms with Crippen LogP contribution in [0.15, 0.2) is 12.1 Å². The fraction of sp³-hybridized carbons (Fsp3) is 0.571. The number of benzene rings is 1. The monoisotopic (exact) mass is 334 g/mol. The summed E-state index contributed by atoms with van der Waals surface area (Å²) in [5.41, 5.74) is 0.0857. The fourth-order valence-corrected chi connectivity index (χ4v) is 4.46. The highest BCUT2D eigenvalue weighted by molar-refractivity contribution is 7.88. The lowest BCUT2D eigenvalue weighted by Crippen LogP contribution is -2.65. The smallest absolute Gasteiger partial charge is 0.211 e. The molecule has 2 atom stereocenters. The van der Waals surface area contributed by atoms with Crippen molar-refractivity contribution in [2.75, 3.05) is 25.9 Å². The Labute approximate surface area is 127 Å². The Morgan fingerprint density at radius 2 is 1.82 bits per heavy atom. The van der Waals surface area contributed by atoms with Gasteiger partial charge in [-0.1, -0.05) is 0 Å². The highest BCUT2D eigenvalue weighted by atomic mass is 32.2. The first-order valence-electron chi connectivity index (χ1n) is 7.08. The Bertz CT molecular complexity index is 696. The van der Waals surface area contributed by atoms with Crippen molar-refractivity contribution in [2.45, 2.75) is 19.0 Å². The number of halogens is 3. The number of likely N-dealkylation sites (tertiary alicyclic amines) is 1. The normalized spacial score (nSPS) is 26.5. The molecule has 0 radical (unpaired) electrons. The maximum Gasteiger partial charge on any atom is 0.211 e. The molecule has 8 heteroatoms. The molecule has 2 fully saturated rings. The van der Waals surface area contributed by atoms with E-state index in [-0.39, 0.29) is 18.2 Å². The van der Waals surface area contributed by atoms with E-state index in [9.17, 15) is 21.6 Å². The number of sulfonamides is 1. The maximum atomic E-state index is 13.7. The topological polar surface area (TPSA) is 40.6 Å². The summed E-state index contributed by atoms with van der Waals surface area (Å²) < 4.78 is 64.6. The van der Waals surface area contributed by atoms with E-state index in [0.717, 1.165) is 12.5 Å². The first-order chi connectivity index (χ1) is 10.3. The molecule has 0 unspecified atom stereocenters. The quantitative estimate of drug-likeness (QED) is 0.788. The van der Waals surface area contributed by atoms with Gasteiger partial charge < -0.3 is 0 Å². The molecule has 0 saturated carbocycles. The van der Waals surface area contributed by atoms with Crippen molar-refractivity contribution in [1.29, 1.82) is 0 Å². The van der Waals surface area contributed by atoms with E-state index in [1.165, 1.54) is 10.6 Å². The van der Waals surface area contributed by atoms with Crippen LogP contribution in [0.4, 0.5) is 13.2 Å². The third-order valence-electron chi connectivity index (χ3n) is 4.50. The predicted molar refractivity (Wildman–Crippen MR) is 75.0 cm³/mol. The van der Waals surface area contributed by atoms with Crippen molar-refractivity contribution in [1.82, 2.24) is 9.21 Å². The molecule has 2 saturated heterocycles. The molecule has 2 heterocycles. The number of hydrogen-bond donors (Lipinski definition) is 0. The van der Waals surface area contributed by atoms with Crippen molar-refractivity contribution >= 4 is 10.0 Å². The van der Waals surface area contributed by atoms with Crippen LogP contribution in [0.2, 0.25) is 0 Å². The van der Waals surface area contributed by atoms with Gasteiger partial charge in [-0.2, -0.15) is 4.31 Å². The van der Waals surface area contributed by atoms with Crippen LogP contribution in [-0.2, 0) is 16.6 Å². The van der Waals surface area contributed by atoms with Crippen LogP contribution >= 0.6 is 0 Å². The number of rotatable bonds is 3. The highest BCUT2D eigenvalue weighted by Crippen LogP contribution is 2.34. The lowest BCUT2D eigenvalue weighted by molar-refractivity contribution is 0.0106. The molecule has 0 amide bonds. The van der Waals surface area contributed by atoms with Gasteiger partial charge in [0.1, 0.15) is 5.82 Å². The van der Waals surface area contributed by atoms with E-state index in [4.69, 9.17) is 0 Å². The SMILES string of the molecule is CS(=O)(=O)N1C[C@H]2CCN(Cc3cc(F)c(F)cc3F)C[C@H]21. The largest absolute Gasteiger partial charge is 0.297 e. The van der Waals surface area contributed by atoms with Gasteiger partial charge in [0, 0.05) is 37.3 Å². The van der Waals surface area contributed by atoms with Crippen LogP contribution in [-0.4, -0.2) is 49.6 Å². The Morgan fingerprint density at radius 1 is 1.14 bits per heavy atom. The van der Waals surface area contributed by atoms with Crippen LogP contribution in [0.5, 0.6) is 0 Å². The molecule has 3 rings (SSSR count). The maximum absolute atomic E-state index is 13.7.